The molecule has 1 aromatic rings. The predicted octanol–water partition coefficient (Wildman–Crippen LogP) is 1.87. The summed E-state index contributed by atoms with van der Waals surface area (Å²) in [6.07, 6.45) is 2.36. The number of amides is 2. The maximum absolute atomic E-state index is 11.9. The molecule has 0 atom stereocenters. The van der Waals surface area contributed by atoms with Crippen molar-refractivity contribution in [1.82, 2.24) is 4.90 Å². The number of likely N-dealkylation sites (tertiary alicyclic amines) is 1. The lowest BCUT2D eigenvalue weighted by atomic mass is 10.1. The van der Waals surface area contributed by atoms with Gasteiger partial charge in [0.2, 0.25) is 11.8 Å². The van der Waals surface area contributed by atoms with Crippen LogP contribution in [0.25, 0.3) is 0 Å². The van der Waals surface area contributed by atoms with E-state index in [1.54, 1.807) is 23.1 Å². The number of rotatable bonds is 3. The molecule has 102 valence electrons. The van der Waals surface area contributed by atoms with Crippen molar-refractivity contribution in [1.29, 1.82) is 0 Å². The Balaban J connectivity index is 1.97. The van der Waals surface area contributed by atoms with Crippen LogP contribution in [-0.2, 0) is 9.59 Å². The normalized spacial score (nSPS) is 15.4. The molecule has 1 aromatic carbocycles. The van der Waals surface area contributed by atoms with Crippen molar-refractivity contribution in [3.8, 4) is 0 Å². The second-order valence-electron chi connectivity index (χ2n) is 4.55. The van der Waals surface area contributed by atoms with Gasteiger partial charge in [0.15, 0.2) is 0 Å². The van der Waals surface area contributed by atoms with Crippen LogP contribution in [0.15, 0.2) is 18.2 Å². The standard InChI is InChI=1S/C13H16ClN3O2/c14-9-4-5-10(15)11(7-9)16-12(18)8-17-6-2-1-3-13(17)19/h4-5,7H,1-3,6,8,15H2,(H,16,18). The molecule has 2 rings (SSSR count). The first-order valence-electron chi connectivity index (χ1n) is 6.19. The first kappa shape index (κ1) is 13.7. The Bertz CT molecular complexity index is 505. The first-order chi connectivity index (χ1) is 9.06. The van der Waals surface area contributed by atoms with Crippen molar-refractivity contribution in [3.05, 3.63) is 23.2 Å². The maximum atomic E-state index is 11.9. The van der Waals surface area contributed by atoms with E-state index in [0.717, 1.165) is 12.8 Å². The van der Waals surface area contributed by atoms with Crippen LogP contribution >= 0.6 is 11.6 Å². The first-order valence-corrected chi connectivity index (χ1v) is 6.57. The van der Waals surface area contributed by atoms with Crippen LogP contribution < -0.4 is 11.1 Å². The Morgan fingerprint density at radius 3 is 2.95 bits per heavy atom. The third kappa shape index (κ3) is 3.61. The Morgan fingerprint density at radius 2 is 2.21 bits per heavy atom. The van der Waals surface area contributed by atoms with Crippen molar-refractivity contribution in [2.24, 2.45) is 0 Å². The van der Waals surface area contributed by atoms with Crippen LogP contribution in [0, 0.1) is 0 Å². The third-order valence-corrected chi connectivity index (χ3v) is 3.28. The van der Waals surface area contributed by atoms with E-state index in [2.05, 4.69) is 5.32 Å². The van der Waals surface area contributed by atoms with Gasteiger partial charge >= 0.3 is 0 Å². The van der Waals surface area contributed by atoms with Gasteiger partial charge in [-0.05, 0) is 31.0 Å². The minimum Gasteiger partial charge on any atom is -0.397 e. The molecule has 0 aromatic heterocycles. The van der Waals surface area contributed by atoms with Gasteiger partial charge in [-0.2, -0.15) is 0 Å². The fourth-order valence-corrected chi connectivity index (χ4v) is 2.20. The van der Waals surface area contributed by atoms with Crippen LogP contribution in [0.2, 0.25) is 5.02 Å². The quantitative estimate of drug-likeness (QED) is 0.831. The number of carbonyl (C=O) groups is 2. The number of nitrogens with two attached hydrogens (primary N) is 1. The number of hydrogen-bond donors (Lipinski definition) is 2. The lowest BCUT2D eigenvalue weighted by Gasteiger charge is -2.26. The lowest BCUT2D eigenvalue weighted by molar-refractivity contribution is -0.136. The van der Waals surface area contributed by atoms with E-state index in [4.69, 9.17) is 17.3 Å². The van der Waals surface area contributed by atoms with Crippen molar-refractivity contribution < 1.29 is 9.59 Å². The van der Waals surface area contributed by atoms with E-state index in [1.807, 2.05) is 0 Å². The summed E-state index contributed by atoms with van der Waals surface area (Å²) in [4.78, 5) is 25.1. The molecule has 1 fully saturated rings. The highest BCUT2D eigenvalue weighted by Crippen LogP contribution is 2.23. The molecular formula is C13H16ClN3O2. The number of nitrogens with zero attached hydrogens (tertiary/aromatic N) is 1. The van der Waals surface area contributed by atoms with Gasteiger partial charge in [0, 0.05) is 18.0 Å². The molecule has 2 amide bonds. The zero-order chi connectivity index (χ0) is 13.8. The van der Waals surface area contributed by atoms with Crippen LogP contribution in [0.1, 0.15) is 19.3 Å². The van der Waals surface area contributed by atoms with Crippen LogP contribution in [0.3, 0.4) is 0 Å². The number of halogens is 1. The molecule has 3 N–H and O–H groups in total. The molecular weight excluding hydrogens is 266 g/mol. The van der Waals surface area contributed by atoms with Crippen LogP contribution in [0.4, 0.5) is 11.4 Å². The Morgan fingerprint density at radius 1 is 1.42 bits per heavy atom. The molecule has 1 aliphatic rings. The average Bonchev–Trinajstić information content (AvgIpc) is 2.37. The monoisotopic (exact) mass is 281 g/mol. The summed E-state index contributed by atoms with van der Waals surface area (Å²) in [5.41, 5.74) is 6.67. The van der Waals surface area contributed by atoms with E-state index >= 15 is 0 Å². The Kier molecular flexibility index (Phi) is 4.27. The molecule has 1 saturated heterocycles. The lowest BCUT2D eigenvalue weighted by Crippen LogP contribution is -2.40. The summed E-state index contributed by atoms with van der Waals surface area (Å²) < 4.78 is 0. The number of piperidine rings is 1. The second kappa shape index (κ2) is 5.93. The molecule has 5 nitrogen and oxygen atoms in total. The topological polar surface area (TPSA) is 75.4 Å². The van der Waals surface area contributed by atoms with E-state index < -0.39 is 0 Å². The summed E-state index contributed by atoms with van der Waals surface area (Å²) in [6.45, 7) is 0.696. The van der Waals surface area contributed by atoms with Gasteiger partial charge in [-0.1, -0.05) is 11.6 Å². The number of hydrogen-bond acceptors (Lipinski definition) is 3. The van der Waals surface area contributed by atoms with E-state index in [9.17, 15) is 9.59 Å². The van der Waals surface area contributed by atoms with Crippen molar-refractivity contribution >= 4 is 34.8 Å². The van der Waals surface area contributed by atoms with Gasteiger partial charge in [0.05, 0.1) is 17.9 Å². The van der Waals surface area contributed by atoms with Gasteiger partial charge in [-0.25, -0.2) is 0 Å². The fourth-order valence-electron chi connectivity index (χ4n) is 2.03. The van der Waals surface area contributed by atoms with Gasteiger partial charge in [-0.3, -0.25) is 9.59 Å². The number of nitrogen functional groups attached to an aromatic ring is 1. The molecule has 0 unspecified atom stereocenters. The molecule has 0 spiro atoms. The summed E-state index contributed by atoms with van der Waals surface area (Å²) in [7, 11) is 0. The molecule has 0 bridgehead atoms. The predicted molar refractivity (Wildman–Crippen MR) is 74.9 cm³/mol. The van der Waals surface area contributed by atoms with Gasteiger partial charge in [0.1, 0.15) is 0 Å². The molecule has 0 saturated carbocycles. The molecule has 1 aliphatic heterocycles. The largest absolute Gasteiger partial charge is 0.397 e. The third-order valence-electron chi connectivity index (χ3n) is 3.05. The summed E-state index contributed by atoms with van der Waals surface area (Å²) >= 11 is 5.84. The van der Waals surface area contributed by atoms with Gasteiger partial charge < -0.3 is 16.0 Å². The number of carbonyl (C=O) groups excluding carboxylic acids is 2. The summed E-state index contributed by atoms with van der Waals surface area (Å²) in [5.74, 6) is -0.232. The van der Waals surface area contributed by atoms with Crippen LogP contribution in [-0.4, -0.2) is 29.8 Å². The van der Waals surface area contributed by atoms with E-state index in [-0.39, 0.29) is 18.4 Å². The molecule has 1 heterocycles. The summed E-state index contributed by atoms with van der Waals surface area (Å²) in [6, 6.07) is 4.87. The van der Waals surface area contributed by atoms with Crippen molar-refractivity contribution in [2.45, 2.75) is 19.3 Å². The Hall–Kier alpha value is -1.75. The molecule has 0 aliphatic carbocycles. The minimum absolute atomic E-state index is 0.0282. The fraction of sp³-hybridized carbons (Fsp3) is 0.385. The second-order valence-corrected chi connectivity index (χ2v) is 4.99. The Labute approximate surface area is 116 Å². The van der Waals surface area contributed by atoms with E-state index in [1.165, 1.54) is 0 Å². The molecule has 0 radical (unpaired) electrons. The smallest absolute Gasteiger partial charge is 0.244 e. The number of nitrogens with one attached hydrogen (secondary N) is 1. The molecule has 6 heteroatoms. The summed E-state index contributed by atoms with van der Waals surface area (Å²) in [5, 5.41) is 3.18. The van der Waals surface area contributed by atoms with Crippen molar-refractivity contribution in [3.63, 3.8) is 0 Å². The molecule has 19 heavy (non-hydrogen) atoms. The number of anilines is 2. The van der Waals surface area contributed by atoms with Gasteiger partial charge in [-0.15, -0.1) is 0 Å². The maximum Gasteiger partial charge on any atom is 0.244 e. The minimum atomic E-state index is -0.260. The zero-order valence-corrected chi connectivity index (χ0v) is 11.2. The highest BCUT2D eigenvalue weighted by molar-refractivity contribution is 6.31. The number of benzene rings is 1. The SMILES string of the molecule is Nc1ccc(Cl)cc1NC(=O)CN1CCCCC1=O. The highest BCUT2D eigenvalue weighted by atomic mass is 35.5. The van der Waals surface area contributed by atoms with Crippen LogP contribution in [0.5, 0.6) is 0 Å². The zero-order valence-electron chi connectivity index (χ0n) is 10.5. The highest BCUT2D eigenvalue weighted by Gasteiger charge is 2.20. The van der Waals surface area contributed by atoms with Gasteiger partial charge in [0.25, 0.3) is 0 Å². The average molecular weight is 282 g/mol. The van der Waals surface area contributed by atoms with Crippen molar-refractivity contribution in [2.75, 3.05) is 24.1 Å². The van der Waals surface area contributed by atoms with E-state index in [0.29, 0.717) is 29.4 Å².